The Balaban J connectivity index is 0.000000982. The Bertz CT molecular complexity index is 2300. The van der Waals surface area contributed by atoms with E-state index in [0.717, 1.165) is 0 Å². The van der Waals surface area contributed by atoms with Gasteiger partial charge in [-0.1, -0.05) is 192 Å². The van der Waals surface area contributed by atoms with E-state index in [0.29, 0.717) is 0 Å². The summed E-state index contributed by atoms with van der Waals surface area (Å²) in [7, 11) is -1.77. The van der Waals surface area contributed by atoms with Gasteiger partial charge >= 0.3 is 22.4 Å². The second kappa shape index (κ2) is 17.7. The number of benzene rings is 8. The first-order valence-electron chi connectivity index (χ1n) is 17.9. The fourth-order valence-electron chi connectivity index (χ4n) is 7.05. The number of rotatable bonds is 7. The summed E-state index contributed by atoms with van der Waals surface area (Å²) in [4.78, 5) is 8.25. The van der Waals surface area contributed by atoms with Crippen molar-refractivity contribution < 1.29 is 27.5 Å². The Morgan fingerprint density at radius 1 is 0.382 bits per heavy atom. The van der Waals surface area contributed by atoms with Crippen molar-refractivity contribution in [2.45, 2.75) is 27.7 Å². The van der Waals surface area contributed by atoms with Crippen LogP contribution in [0.4, 0.5) is 0 Å². The van der Waals surface area contributed by atoms with Gasteiger partial charge in [0.2, 0.25) is 0 Å². The predicted molar refractivity (Wildman–Crippen MR) is 234 cm³/mol. The Morgan fingerprint density at radius 3 is 0.909 bits per heavy atom. The van der Waals surface area contributed by atoms with Gasteiger partial charge in [0.05, 0.1) is 5.09 Å². The molecule has 0 aliphatic rings. The smallest absolute Gasteiger partial charge is 0.356 e. The zero-order valence-corrected chi connectivity index (χ0v) is 34.3. The van der Waals surface area contributed by atoms with E-state index < -0.39 is 20.9 Å². The first-order valence-corrected chi connectivity index (χ1v) is 20.6. The summed E-state index contributed by atoms with van der Waals surface area (Å²) in [6.45, 7) is 8.72. The molecule has 0 aliphatic carbocycles. The van der Waals surface area contributed by atoms with Crippen LogP contribution >= 0.6 is 15.8 Å². The summed E-state index contributed by atoms with van der Waals surface area (Å²) < 4.78 is 0. The molecule has 0 aliphatic heterocycles. The van der Waals surface area contributed by atoms with E-state index in [9.17, 15) is 0 Å². The van der Waals surface area contributed by atoms with Crippen LogP contribution in [0.3, 0.4) is 0 Å². The quantitative estimate of drug-likeness (QED) is 0.0695. The van der Waals surface area contributed by atoms with Crippen LogP contribution in [0.2, 0.25) is 0 Å². The summed E-state index contributed by atoms with van der Waals surface area (Å²) in [6.07, 6.45) is 0. The summed E-state index contributed by atoms with van der Waals surface area (Å²) in [5.41, 5.74) is 7.84. The Kier molecular flexibility index (Phi) is 12.8. The van der Waals surface area contributed by atoms with Crippen molar-refractivity contribution in [2.75, 3.05) is 0 Å². The molecule has 0 heterocycles. The second-order valence-electron chi connectivity index (χ2n) is 13.6. The molecule has 0 atom stereocenters. The van der Waals surface area contributed by atoms with Crippen LogP contribution in [0.15, 0.2) is 170 Å². The maximum atomic E-state index is 8.25. The molecule has 0 unspecified atom stereocenters. The Morgan fingerprint density at radius 2 is 0.636 bits per heavy atom. The summed E-state index contributed by atoms with van der Waals surface area (Å²) in [5.74, 6) is 0. The molecule has 8 rings (SSSR count). The molecular formula is C48H40AgNO3P2. The largest absolute Gasteiger partial charge is 1.00 e. The first kappa shape index (κ1) is 39.8. The fourth-order valence-corrected chi connectivity index (χ4v) is 11.9. The van der Waals surface area contributed by atoms with E-state index in [-0.39, 0.29) is 22.4 Å². The normalized spacial score (nSPS) is 10.9. The van der Waals surface area contributed by atoms with Crippen molar-refractivity contribution in [3.05, 3.63) is 207 Å². The van der Waals surface area contributed by atoms with Gasteiger partial charge in [-0.15, -0.1) is 0 Å². The van der Waals surface area contributed by atoms with Gasteiger partial charge in [0.25, 0.3) is 0 Å². The van der Waals surface area contributed by atoms with Gasteiger partial charge in [-0.2, -0.15) is 0 Å². The third-order valence-electron chi connectivity index (χ3n) is 9.71. The third kappa shape index (κ3) is 8.82. The molecule has 0 N–H and O–H groups in total. The minimum absolute atomic E-state index is 0. The molecule has 0 spiro atoms. The predicted octanol–water partition coefficient (Wildman–Crippen LogP) is 10.2. The summed E-state index contributed by atoms with van der Waals surface area (Å²) in [5, 5.41) is 28.1. The molecule has 0 fully saturated rings. The number of hydrogen-bond acceptors (Lipinski definition) is 3. The molecule has 8 aromatic carbocycles. The van der Waals surface area contributed by atoms with Crippen molar-refractivity contribution in [3.8, 4) is 11.1 Å². The molecule has 8 aromatic rings. The van der Waals surface area contributed by atoms with E-state index >= 15 is 0 Å². The molecular weight excluding hydrogens is 808 g/mol. The number of nitrogens with zero attached hydrogens (tertiary/aromatic N) is 1. The molecule has 0 aromatic heterocycles. The molecule has 276 valence electrons. The Hall–Kier alpha value is -4.92. The first-order chi connectivity index (χ1) is 26.2. The summed E-state index contributed by atoms with van der Waals surface area (Å²) in [6, 6.07) is 64.6. The topological polar surface area (TPSA) is 66.2 Å². The molecule has 0 saturated heterocycles. The van der Waals surface area contributed by atoms with Crippen molar-refractivity contribution in [3.63, 3.8) is 0 Å². The maximum absolute atomic E-state index is 8.25. The van der Waals surface area contributed by atoms with Gasteiger partial charge < -0.3 is 15.3 Å². The monoisotopic (exact) mass is 847 g/mol. The van der Waals surface area contributed by atoms with E-state index in [1.807, 2.05) is 0 Å². The van der Waals surface area contributed by atoms with Gasteiger partial charge in [0.15, 0.2) is 0 Å². The molecule has 7 heteroatoms. The van der Waals surface area contributed by atoms with Crippen LogP contribution in [0.25, 0.3) is 32.7 Å². The van der Waals surface area contributed by atoms with E-state index in [4.69, 9.17) is 15.3 Å². The van der Waals surface area contributed by atoms with E-state index in [1.165, 1.54) is 86.8 Å². The van der Waals surface area contributed by atoms with E-state index in [2.05, 4.69) is 198 Å². The van der Waals surface area contributed by atoms with Gasteiger partial charge in [-0.3, -0.25) is 0 Å². The van der Waals surface area contributed by atoms with Crippen molar-refractivity contribution in [1.82, 2.24) is 0 Å². The average Bonchev–Trinajstić information content (AvgIpc) is 3.18. The number of hydrogen-bond donors (Lipinski definition) is 0. The Labute approximate surface area is 341 Å². The zero-order chi connectivity index (χ0) is 37.8. The van der Waals surface area contributed by atoms with Crippen molar-refractivity contribution >= 4 is 69.2 Å². The average molecular weight is 849 g/mol. The second-order valence-corrected chi connectivity index (χ2v) is 18.0. The molecule has 0 bridgehead atoms. The number of fused-ring (bicyclic) bond motifs is 2. The minimum atomic E-state index is -1.75. The van der Waals surface area contributed by atoms with Crippen LogP contribution < -0.4 is 31.8 Å². The SMILES string of the molecule is Cc1ccc(P(c2ccc(C)cc2)c2ccc3ccccc3c2-c2c(P(c3ccc(C)cc3)c3ccc(C)cc3)ccc3ccccc23)cc1.O=[N+]([O-])[O-].[Ag+]. The molecule has 55 heavy (non-hydrogen) atoms. The number of aryl methyl sites for hydroxylation is 4. The minimum Gasteiger partial charge on any atom is -0.356 e. The molecule has 0 radical (unpaired) electrons. The fraction of sp³-hybridized carbons (Fsp3) is 0.0833. The van der Waals surface area contributed by atoms with Gasteiger partial charge in [-0.05, 0) is 108 Å². The molecule has 0 amide bonds. The summed E-state index contributed by atoms with van der Waals surface area (Å²) >= 11 is 0. The van der Waals surface area contributed by atoms with Gasteiger partial charge in [0, 0.05) is 0 Å². The van der Waals surface area contributed by atoms with Crippen LogP contribution in [-0.2, 0) is 22.4 Å². The van der Waals surface area contributed by atoms with Crippen LogP contribution in [0.5, 0.6) is 0 Å². The van der Waals surface area contributed by atoms with Gasteiger partial charge in [0.1, 0.15) is 0 Å². The third-order valence-corrected chi connectivity index (χ3v) is 14.7. The molecule has 4 nitrogen and oxygen atoms in total. The zero-order valence-electron chi connectivity index (χ0n) is 31.0. The standard InChI is InChI=1S/C48H40P2.Ag.NO3/c1-33-13-23-39(24-14-33)49(40-25-15-34(2)16-26-40)45-31-21-37-9-5-7-11-43(37)47(45)48-44-12-8-6-10-38(44)22-32-46(48)50(41-27-17-35(3)18-28-41)42-29-19-36(4)20-30-42;;2-1(3)4/h5-32H,1-4H3;;/q;+1;-1. The van der Waals surface area contributed by atoms with Crippen LogP contribution in [-0.4, -0.2) is 5.09 Å². The van der Waals surface area contributed by atoms with Crippen molar-refractivity contribution in [2.24, 2.45) is 0 Å². The van der Waals surface area contributed by atoms with Gasteiger partial charge in [-0.25, -0.2) is 0 Å². The molecule has 0 saturated carbocycles. The van der Waals surface area contributed by atoms with Crippen LogP contribution in [0, 0.1) is 43.0 Å². The van der Waals surface area contributed by atoms with Crippen molar-refractivity contribution in [1.29, 1.82) is 0 Å². The maximum Gasteiger partial charge on any atom is 1.00 e. The van der Waals surface area contributed by atoms with Crippen LogP contribution in [0.1, 0.15) is 22.3 Å². The van der Waals surface area contributed by atoms with E-state index in [1.54, 1.807) is 0 Å².